The van der Waals surface area contributed by atoms with E-state index in [1.54, 1.807) is 0 Å². The van der Waals surface area contributed by atoms with E-state index in [4.69, 9.17) is 4.42 Å². The van der Waals surface area contributed by atoms with Crippen LogP contribution in [0.1, 0.15) is 0 Å². The smallest absolute Gasteiger partial charge is 0.160 e. The molecule has 3 nitrogen and oxygen atoms in total. The number of nitrogens with zero attached hydrogens (tertiary/aromatic N) is 2. The van der Waals surface area contributed by atoms with Crippen molar-refractivity contribution < 1.29 is 4.42 Å². The van der Waals surface area contributed by atoms with Crippen LogP contribution in [0.3, 0.4) is 0 Å². The molecule has 12 aromatic rings. The number of hydrogen-bond acceptors (Lipinski definition) is 1. The van der Waals surface area contributed by atoms with E-state index in [-0.39, 0.29) is 0 Å². The van der Waals surface area contributed by atoms with Crippen molar-refractivity contribution in [3.05, 3.63) is 206 Å². The predicted octanol–water partition coefficient (Wildman–Crippen LogP) is 14.8. The molecule has 3 heterocycles. The number of furan rings is 1. The van der Waals surface area contributed by atoms with Crippen LogP contribution in [-0.2, 0) is 0 Å². The Bertz CT molecular complexity index is 3440. The van der Waals surface area contributed by atoms with Gasteiger partial charge in [0.05, 0.1) is 22.1 Å². The Morgan fingerprint density at radius 3 is 1.37 bits per heavy atom. The van der Waals surface area contributed by atoms with Crippen LogP contribution < -0.4 is 0 Å². The number of aromatic nitrogens is 2. The number of rotatable bonds is 5. The van der Waals surface area contributed by atoms with Crippen LogP contribution in [0.25, 0.3) is 110 Å². The van der Waals surface area contributed by atoms with Crippen LogP contribution in [0.15, 0.2) is 211 Å². The van der Waals surface area contributed by atoms with E-state index >= 15 is 0 Å². The van der Waals surface area contributed by atoms with Gasteiger partial charge in [-0.3, -0.25) is 0 Å². The zero-order valence-corrected chi connectivity index (χ0v) is 30.9. The summed E-state index contributed by atoms with van der Waals surface area (Å²) in [7, 11) is 0. The third kappa shape index (κ3) is 4.92. The van der Waals surface area contributed by atoms with Gasteiger partial charge in [0, 0.05) is 43.7 Å². The number of hydrogen-bond donors (Lipinski definition) is 0. The topological polar surface area (TPSA) is 23.0 Å². The minimum atomic E-state index is 0.908. The second kappa shape index (κ2) is 12.5. The normalized spacial score (nSPS) is 11.9. The Balaban J connectivity index is 0.953. The first-order valence-corrected chi connectivity index (χ1v) is 19.5. The van der Waals surface area contributed by atoms with Crippen molar-refractivity contribution >= 4 is 65.6 Å². The molecule has 0 aliphatic heterocycles. The highest BCUT2D eigenvalue weighted by molar-refractivity contribution is 6.21. The fraction of sp³-hybridized carbons (Fsp3) is 0. The van der Waals surface area contributed by atoms with Crippen LogP contribution in [0.4, 0.5) is 0 Å². The molecule has 0 bridgehead atoms. The summed E-state index contributed by atoms with van der Waals surface area (Å²) in [5.41, 5.74) is 15.8. The highest BCUT2D eigenvalue weighted by Gasteiger charge is 2.19. The maximum Gasteiger partial charge on any atom is 0.160 e. The molecule has 0 radical (unpaired) electrons. The molecule has 0 spiro atoms. The number of benzene rings is 9. The zero-order chi connectivity index (χ0) is 37.5. The third-order valence-corrected chi connectivity index (χ3v) is 11.7. The van der Waals surface area contributed by atoms with Crippen LogP contribution in [-0.4, -0.2) is 9.13 Å². The molecule has 0 unspecified atom stereocenters. The van der Waals surface area contributed by atoms with Gasteiger partial charge in [-0.25, -0.2) is 0 Å². The molecule has 9 aromatic carbocycles. The summed E-state index contributed by atoms with van der Waals surface area (Å²) in [6.07, 6.45) is 0. The summed E-state index contributed by atoms with van der Waals surface area (Å²) >= 11 is 0. The molecule has 266 valence electrons. The lowest BCUT2D eigenvalue weighted by Gasteiger charge is -2.14. The van der Waals surface area contributed by atoms with Gasteiger partial charge in [0.25, 0.3) is 0 Å². The van der Waals surface area contributed by atoms with E-state index in [9.17, 15) is 0 Å². The minimum absolute atomic E-state index is 0.908. The molecule has 0 saturated heterocycles. The minimum Gasteiger partial charge on any atom is -0.454 e. The van der Waals surface area contributed by atoms with Gasteiger partial charge in [-0.05, 0) is 94.0 Å². The molecule has 0 fully saturated rings. The number of fused-ring (bicyclic) bond motifs is 10. The van der Waals surface area contributed by atoms with Crippen LogP contribution in [0.2, 0.25) is 0 Å². The largest absolute Gasteiger partial charge is 0.454 e. The Hall–Kier alpha value is -7.62. The third-order valence-electron chi connectivity index (χ3n) is 11.7. The van der Waals surface area contributed by atoms with Crippen LogP contribution in [0.5, 0.6) is 0 Å². The quantitative estimate of drug-likeness (QED) is 0.173. The molecule has 0 N–H and O–H groups in total. The van der Waals surface area contributed by atoms with Crippen LogP contribution >= 0.6 is 0 Å². The van der Waals surface area contributed by atoms with Crippen molar-refractivity contribution in [2.24, 2.45) is 0 Å². The Kier molecular flexibility index (Phi) is 6.93. The van der Waals surface area contributed by atoms with Crippen molar-refractivity contribution in [3.63, 3.8) is 0 Å². The van der Waals surface area contributed by atoms with Gasteiger partial charge in [0.2, 0.25) is 0 Å². The summed E-state index contributed by atoms with van der Waals surface area (Å²) in [6, 6.07) is 74.5. The molecule has 0 aliphatic rings. The molecule has 57 heavy (non-hydrogen) atoms. The van der Waals surface area contributed by atoms with Crippen molar-refractivity contribution in [1.29, 1.82) is 0 Å². The Morgan fingerprint density at radius 2 is 0.737 bits per heavy atom. The maximum atomic E-state index is 6.57. The number of para-hydroxylation sites is 4. The SMILES string of the molecule is c1ccc(-c2cc(-c3ccc(-c4ccc(-n5c6ccccc6c6ccc7c8ccccc8oc7c65)cc4)cc3)cc(-n3c4ccccc4c4ccccc43)c2)cc1. The fourth-order valence-corrected chi connectivity index (χ4v) is 9.06. The van der Waals surface area contributed by atoms with Gasteiger partial charge < -0.3 is 13.6 Å². The lowest BCUT2D eigenvalue weighted by molar-refractivity contribution is 0.671. The standard InChI is InChI=1S/C54H34N2O/c1-2-12-35(13-3-1)39-32-40(34-42(33-39)55-49-18-8-4-14-43(49)44-15-5-9-19-50(44)55)38-24-22-36(23-25-38)37-26-28-41(29-27-37)56-51-20-10-6-16-45(51)47-30-31-48-46-17-7-11-21-52(46)57-54(48)53(47)56/h1-34H. The lowest BCUT2D eigenvalue weighted by Crippen LogP contribution is -1.96. The van der Waals surface area contributed by atoms with E-state index in [1.165, 1.54) is 66.0 Å². The first kappa shape index (κ1) is 31.7. The first-order valence-electron chi connectivity index (χ1n) is 19.5. The molecule has 0 saturated carbocycles. The average molecular weight is 727 g/mol. The molecule has 3 aromatic heterocycles. The summed E-state index contributed by atoms with van der Waals surface area (Å²) in [5, 5.41) is 7.20. The first-order chi connectivity index (χ1) is 28.3. The second-order valence-electron chi connectivity index (χ2n) is 14.9. The van der Waals surface area contributed by atoms with Crippen molar-refractivity contribution in [2.75, 3.05) is 0 Å². The molecular weight excluding hydrogens is 693 g/mol. The summed E-state index contributed by atoms with van der Waals surface area (Å²) in [4.78, 5) is 0. The second-order valence-corrected chi connectivity index (χ2v) is 14.9. The van der Waals surface area contributed by atoms with E-state index in [0.717, 1.165) is 44.3 Å². The molecule has 0 amide bonds. The van der Waals surface area contributed by atoms with Gasteiger partial charge in [-0.15, -0.1) is 0 Å². The van der Waals surface area contributed by atoms with Crippen molar-refractivity contribution in [3.8, 4) is 44.8 Å². The van der Waals surface area contributed by atoms with E-state index in [1.807, 2.05) is 6.07 Å². The highest BCUT2D eigenvalue weighted by atomic mass is 16.3. The zero-order valence-electron chi connectivity index (χ0n) is 30.9. The molecule has 0 aliphatic carbocycles. The lowest BCUT2D eigenvalue weighted by atomic mass is 9.96. The Morgan fingerprint density at radius 1 is 0.281 bits per heavy atom. The molecule has 12 rings (SSSR count). The Labute approximate surface area is 328 Å². The average Bonchev–Trinajstić information content (AvgIpc) is 3.95. The summed E-state index contributed by atoms with van der Waals surface area (Å²) in [6.45, 7) is 0. The monoisotopic (exact) mass is 726 g/mol. The summed E-state index contributed by atoms with van der Waals surface area (Å²) in [5.74, 6) is 0. The maximum absolute atomic E-state index is 6.57. The van der Waals surface area contributed by atoms with Gasteiger partial charge in [0.1, 0.15) is 5.58 Å². The van der Waals surface area contributed by atoms with E-state index < -0.39 is 0 Å². The molecule has 0 atom stereocenters. The predicted molar refractivity (Wildman–Crippen MR) is 239 cm³/mol. The van der Waals surface area contributed by atoms with Gasteiger partial charge in [-0.2, -0.15) is 0 Å². The van der Waals surface area contributed by atoms with Gasteiger partial charge in [0.15, 0.2) is 5.58 Å². The summed E-state index contributed by atoms with van der Waals surface area (Å²) < 4.78 is 11.3. The van der Waals surface area contributed by atoms with Gasteiger partial charge >= 0.3 is 0 Å². The van der Waals surface area contributed by atoms with E-state index in [2.05, 4.69) is 209 Å². The van der Waals surface area contributed by atoms with Crippen molar-refractivity contribution in [1.82, 2.24) is 9.13 Å². The molecule has 3 heteroatoms. The van der Waals surface area contributed by atoms with Gasteiger partial charge in [-0.1, -0.05) is 146 Å². The molecular formula is C54H34N2O. The van der Waals surface area contributed by atoms with E-state index in [0.29, 0.717) is 0 Å². The van der Waals surface area contributed by atoms with Crippen molar-refractivity contribution in [2.45, 2.75) is 0 Å². The fourth-order valence-electron chi connectivity index (χ4n) is 9.06. The highest BCUT2D eigenvalue weighted by Crippen LogP contribution is 2.41. The van der Waals surface area contributed by atoms with Crippen LogP contribution in [0, 0.1) is 0 Å².